The summed E-state index contributed by atoms with van der Waals surface area (Å²) in [4.78, 5) is 14.8. The molecule has 27 heavy (non-hydrogen) atoms. The zero-order valence-electron chi connectivity index (χ0n) is 16.1. The molecule has 0 radical (unpaired) electrons. The highest BCUT2D eigenvalue weighted by Gasteiger charge is 2.52. The van der Waals surface area contributed by atoms with Gasteiger partial charge in [0.05, 0.1) is 16.6 Å². The molecule has 6 nitrogen and oxygen atoms in total. The fourth-order valence-corrected chi connectivity index (χ4v) is 5.60. The Morgan fingerprint density at radius 3 is 2.33 bits per heavy atom. The molecule has 3 rings (SSSR count). The molecule has 0 bridgehead atoms. The highest BCUT2D eigenvalue weighted by molar-refractivity contribution is 7.89. The van der Waals surface area contributed by atoms with Crippen molar-refractivity contribution in [2.45, 2.75) is 56.6 Å². The highest BCUT2D eigenvalue weighted by Crippen LogP contribution is 2.36. The van der Waals surface area contributed by atoms with Crippen LogP contribution in [0.4, 0.5) is 4.39 Å². The van der Waals surface area contributed by atoms with Crippen molar-refractivity contribution >= 4 is 15.9 Å². The van der Waals surface area contributed by atoms with Crippen LogP contribution in [0, 0.1) is 11.7 Å². The van der Waals surface area contributed by atoms with Crippen LogP contribution in [0.3, 0.4) is 0 Å². The highest BCUT2D eigenvalue weighted by atomic mass is 32.2. The first-order chi connectivity index (χ1) is 12.7. The number of carbonyl (C=O) groups is 1. The maximum absolute atomic E-state index is 13.1. The lowest BCUT2D eigenvalue weighted by Crippen LogP contribution is -2.59. The number of amides is 1. The average Bonchev–Trinajstić information content (AvgIpc) is 2.93. The monoisotopic (exact) mass is 397 g/mol. The van der Waals surface area contributed by atoms with E-state index in [2.05, 4.69) is 19.2 Å². The predicted molar refractivity (Wildman–Crippen MR) is 101 cm³/mol. The molecule has 0 unspecified atom stereocenters. The summed E-state index contributed by atoms with van der Waals surface area (Å²) in [6, 6.07) is 4.69. The van der Waals surface area contributed by atoms with Gasteiger partial charge in [0.25, 0.3) is 0 Å². The molecule has 8 heteroatoms. The second-order valence-corrected chi connectivity index (χ2v) is 9.42. The number of benzene rings is 1. The molecule has 0 saturated carbocycles. The molecule has 1 aromatic carbocycles. The topological polar surface area (TPSA) is 69.7 Å². The van der Waals surface area contributed by atoms with Gasteiger partial charge in [-0.05, 0) is 49.9 Å². The second kappa shape index (κ2) is 7.48. The van der Waals surface area contributed by atoms with Gasteiger partial charge in [0.2, 0.25) is 15.9 Å². The van der Waals surface area contributed by atoms with Crippen LogP contribution >= 0.6 is 0 Å². The molecular weight excluding hydrogens is 369 g/mol. The molecule has 2 fully saturated rings. The van der Waals surface area contributed by atoms with E-state index >= 15 is 0 Å². The zero-order chi connectivity index (χ0) is 19.8. The fraction of sp³-hybridized carbons (Fsp3) is 0.632. The SMILES string of the molecule is CC[C@H](C)[C@H]1NC2(CCN(S(=O)(=O)c3ccc(F)cc3)CC2)N(CC)C1=O. The number of hydrogen-bond donors (Lipinski definition) is 1. The fourth-order valence-electron chi connectivity index (χ4n) is 4.15. The van der Waals surface area contributed by atoms with Crippen molar-refractivity contribution in [1.82, 2.24) is 14.5 Å². The molecule has 1 aromatic rings. The van der Waals surface area contributed by atoms with Crippen LogP contribution in [0.5, 0.6) is 0 Å². The Kier molecular flexibility index (Phi) is 5.61. The van der Waals surface area contributed by atoms with Crippen LogP contribution < -0.4 is 5.32 Å². The first kappa shape index (κ1) is 20.2. The van der Waals surface area contributed by atoms with Crippen molar-refractivity contribution in [3.63, 3.8) is 0 Å². The smallest absolute Gasteiger partial charge is 0.243 e. The minimum absolute atomic E-state index is 0.0973. The van der Waals surface area contributed by atoms with E-state index in [1.807, 2.05) is 11.8 Å². The third-order valence-electron chi connectivity index (χ3n) is 6.00. The summed E-state index contributed by atoms with van der Waals surface area (Å²) in [7, 11) is -3.66. The van der Waals surface area contributed by atoms with Crippen molar-refractivity contribution in [3.05, 3.63) is 30.1 Å². The van der Waals surface area contributed by atoms with Crippen LogP contribution in [0.25, 0.3) is 0 Å². The zero-order valence-corrected chi connectivity index (χ0v) is 16.9. The summed E-state index contributed by atoms with van der Waals surface area (Å²) in [5.74, 6) is -0.122. The Bertz CT molecular complexity index is 789. The largest absolute Gasteiger partial charge is 0.323 e. The number of nitrogens with zero attached hydrogens (tertiary/aromatic N) is 2. The third-order valence-corrected chi connectivity index (χ3v) is 7.92. The minimum Gasteiger partial charge on any atom is -0.323 e. The maximum Gasteiger partial charge on any atom is 0.243 e. The van der Waals surface area contributed by atoms with E-state index in [0.29, 0.717) is 32.5 Å². The van der Waals surface area contributed by atoms with Gasteiger partial charge >= 0.3 is 0 Å². The summed E-state index contributed by atoms with van der Waals surface area (Å²) in [6.45, 7) is 7.34. The van der Waals surface area contributed by atoms with E-state index in [-0.39, 0.29) is 22.8 Å². The van der Waals surface area contributed by atoms with E-state index < -0.39 is 21.5 Å². The van der Waals surface area contributed by atoms with Gasteiger partial charge in [0.1, 0.15) is 5.82 Å². The first-order valence-electron chi connectivity index (χ1n) is 9.60. The summed E-state index contributed by atoms with van der Waals surface area (Å²) in [5.41, 5.74) is -0.477. The standard InChI is InChI=1S/C19H28FN3O3S/c1-4-14(3)17-18(24)23(5-2)19(21-17)10-12-22(13-11-19)27(25,26)16-8-6-15(20)7-9-16/h6-9,14,17,21H,4-5,10-13H2,1-3H3/t14-,17+/m0/s1. The van der Waals surface area contributed by atoms with Gasteiger partial charge in [-0.15, -0.1) is 0 Å². The van der Waals surface area contributed by atoms with Crippen LogP contribution in [-0.2, 0) is 14.8 Å². The molecule has 2 heterocycles. The Hall–Kier alpha value is -1.51. The van der Waals surface area contributed by atoms with Gasteiger partial charge in [0.15, 0.2) is 0 Å². The summed E-state index contributed by atoms with van der Waals surface area (Å²) < 4.78 is 40.2. The summed E-state index contributed by atoms with van der Waals surface area (Å²) in [5, 5.41) is 3.53. The number of piperidine rings is 1. The van der Waals surface area contributed by atoms with E-state index in [0.717, 1.165) is 18.6 Å². The molecule has 1 amide bonds. The number of rotatable bonds is 5. The molecule has 2 atom stereocenters. The summed E-state index contributed by atoms with van der Waals surface area (Å²) >= 11 is 0. The summed E-state index contributed by atoms with van der Waals surface area (Å²) in [6.07, 6.45) is 1.99. The molecule has 1 spiro atoms. The number of carbonyl (C=O) groups excluding carboxylic acids is 1. The lowest BCUT2D eigenvalue weighted by atomic mass is 9.96. The van der Waals surface area contributed by atoms with Gasteiger partial charge in [-0.1, -0.05) is 20.3 Å². The normalized spacial score (nSPS) is 24.5. The molecule has 150 valence electrons. The number of halogens is 1. The van der Waals surface area contributed by atoms with E-state index in [9.17, 15) is 17.6 Å². The van der Waals surface area contributed by atoms with Crippen molar-refractivity contribution in [2.75, 3.05) is 19.6 Å². The van der Waals surface area contributed by atoms with Gasteiger partial charge in [-0.3, -0.25) is 10.1 Å². The molecule has 0 aromatic heterocycles. The van der Waals surface area contributed by atoms with Gasteiger partial charge in [-0.25, -0.2) is 12.8 Å². The van der Waals surface area contributed by atoms with E-state index in [1.165, 1.54) is 16.4 Å². The van der Waals surface area contributed by atoms with Crippen LogP contribution in [0.15, 0.2) is 29.2 Å². The second-order valence-electron chi connectivity index (χ2n) is 7.48. The van der Waals surface area contributed by atoms with Crippen LogP contribution in [0.2, 0.25) is 0 Å². The van der Waals surface area contributed by atoms with E-state index in [4.69, 9.17) is 0 Å². The van der Waals surface area contributed by atoms with Crippen LogP contribution in [-0.4, -0.2) is 54.9 Å². The van der Waals surface area contributed by atoms with E-state index in [1.54, 1.807) is 0 Å². The predicted octanol–water partition coefficient (Wildman–Crippen LogP) is 2.17. The molecule has 2 aliphatic rings. The van der Waals surface area contributed by atoms with Gasteiger partial charge in [-0.2, -0.15) is 4.31 Å². The number of nitrogens with one attached hydrogen (secondary N) is 1. The van der Waals surface area contributed by atoms with Crippen LogP contribution in [0.1, 0.15) is 40.0 Å². The number of sulfonamides is 1. The molecule has 2 saturated heterocycles. The molecule has 0 aliphatic carbocycles. The van der Waals surface area contributed by atoms with Crippen molar-refractivity contribution in [1.29, 1.82) is 0 Å². The van der Waals surface area contributed by atoms with Crippen molar-refractivity contribution in [2.24, 2.45) is 5.92 Å². The quantitative estimate of drug-likeness (QED) is 0.827. The Morgan fingerprint density at radius 2 is 1.81 bits per heavy atom. The Morgan fingerprint density at radius 1 is 1.22 bits per heavy atom. The minimum atomic E-state index is -3.66. The number of likely N-dealkylation sites (N-methyl/N-ethyl adjacent to an activating group) is 1. The lowest BCUT2D eigenvalue weighted by Gasteiger charge is -2.44. The van der Waals surface area contributed by atoms with Crippen molar-refractivity contribution < 1.29 is 17.6 Å². The maximum atomic E-state index is 13.1. The first-order valence-corrected chi connectivity index (χ1v) is 11.0. The van der Waals surface area contributed by atoms with Gasteiger partial charge < -0.3 is 4.90 Å². The lowest BCUT2D eigenvalue weighted by molar-refractivity contribution is -0.133. The molecule has 1 N–H and O–H groups in total. The number of hydrogen-bond acceptors (Lipinski definition) is 4. The third kappa shape index (κ3) is 3.50. The molecule has 2 aliphatic heterocycles. The average molecular weight is 398 g/mol. The Labute approximate surface area is 160 Å². The molecular formula is C19H28FN3O3S. The van der Waals surface area contributed by atoms with Gasteiger partial charge in [0, 0.05) is 19.6 Å². The Balaban J connectivity index is 1.77. The van der Waals surface area contributed by atoms with Crippen molar-refractivity contribution in [3.8, 4) is 0 Å².